The molecule has 0 unspecified atom stereocenters. The Morgan fingerprint density at radius 3 is 2.24 bits per heavy atom. The van der Waals surface area contributed by atoms with Crippen LogP contribution in [0.3, 0.4) is 0 Å². The third-order valence-corrected chi connectivity index (χ3v) is 3.99. The molecular formula is C16H24N2O3. The fraction of sp³-hybridized carbons (Fsp3) is 0.562. The van der Waals surface area contributed by atoms with E-state index in [1.807, 2.05) is 13.0 Å². The Morgan fingerprint density at radius 2 is 1.67 bits per heavy atom. The van der Waals surface area contributed by atoms with E-state index >= 15 is 0 Å². The highest BCUT2D eigenvalue weighted by Gasteiger charge is 2.20. The van der Waals surface area contributed by atoms with E-state index < -0.39 is 0 Å². The molecule has 0 saturated carbocycles. The molecule has 1 aliphatic rings. The number of carbonyl (C=O) groups excluding carboxylic acids is 1. The molecule has 2 rings (SSSR count). The molecule has 0 amide bonds. The molecule has 1 heterocycles. The predicted molar refractivity (Wildman–Crippen MR) is 82.6 cm³/mol. The summed E-state index contributed by atoms with van der Waals surface area (Å²) in [6, 6.07) is 3.64. The number of benzene rings is 1. The van der Waals surface area contributed by atoms with Gasteiger partial charge in [-0.25, -0.2) is 0 Å². The van der Waals surface area contributed by atoms with Gasteiger partial charge in [0.25, 0.3) is 0 Å². The number of aryl methyl sites for hydroxylation is 1. The molecule has 1 aromatic carbocycles. The quantitative estimate of drug-likeness (QED) is 0.768. The van der Waals surface area contributed by atoms with Crippen LogP contribution in [-0.2, 0) is 0 Å². The van der Waals surface area contributed by atoms with Gasteiger partial charge in [0.2, 0.25) is 0 Å². The second-order valence-electron chi connectivity index (χ2n) is 5.52. The van der Waals surface area contributed by atoms with Crippen LogP contribution in [0.15, 0.2) is 12.1 Å². The molecule has 116 valence electrons. The number of hydrogen-bond donors (Lipinski definition) is 0. The molecule has 0 bridgehead atoms. The molecule has 5 heteroatoms. The topological polar surface area (TPSA) is 42.0 Å². The maximum absolute atomic E-state index is 12.5. The first-order valence-electron chi connectivity index (χ1n) is 7.22. The lowest BCUT2D eigenvalue weighted by molar-refractivity contribution is 0.0875. The Morgan fingerprint density at radius 1 is 1.10 bits per heavy atom. The molecule has 5 nitrogen and oxygen atoms in total. The Kier molecular flexibility index (Phi) is 5.20. The molecule has 0 spiro atoms. The monoisotopic (exact) mass is 292 g/mol. The van der Waals surface area contributed by atoms with Crippen LogP contribution >= 0.6 is 0 Å². The maximum atomic E-state index is 12.5. The van der Waals surface area contributed by atoms with Gasteiger partial charge in [-0.05, 0) is 31.7 Å². The van der Waals surface area contributed by atoms with Crippen LogP contribution < -0.4 is 9.47 Å². The summed E-state index contributed by atoms with van der Waals surface area (Å²) in [6.07, 6.45) is 0. The average Bonchev–Trinajstić information content (AvgIpc) is 2.49. The van der Waals surface area contributed by atoms with Crippen molar-refractivity contribution >= 4 is 5.78 Å². The second-order valence-corrected chi connectivity index (χ2v) is 5.52. The molecule has 1 saturated heterocycles. The van der Waals surface area contributed by atoms with E-state index in [4.69, 9.17) is 9.47 Å². The highest BCUT2D eigenvalue weighted by molar-refractivity contribution is 5.99. The molecule has 1 aliphatic heterocycles. The van der Waals surface area contributed by atoms with Crippen molar-refractivity contribution in [2.75, 3.05) is 54.0 Å². The van der Waals surface area contributed by atoms with Crippen molar-refractivity contribution in [3.8, 4) is 11.5 Å². The normalized spacial score (nSPS) is 16.8. The molecule has 0 aromatic heterocycles. The summed E-state index contributed by atoms with van der Waals surface area (Å²) in [6.45, 7) is 6.29. The number of hydrogen-bond acceptors (Lipinski definition) is 5. The zero-order valence-electron chi connectivity index (χ0n) is 13.3. The van der Waals surface area contributed by atoms with Crippen molar-refractivity contribution in [1.82, 2.24) is 9.80 Å². The van der Waals surface area contributed by atoms with E-state index in [0.29, 0.717) is 23.6 Å². The number of rotatable bonds is 5. The van der Waals surface area contributed by atoms with E-state index in [1.54, 1.807) is 20.3 Å². The van der Waals surface area contributed by atoms with E-state index in [-0.39, 0.29) is 5.78 Å². The van der Waals surface area contributed by atoms with Crippen molar-refractivity contribution in [2.45, 2.75) is 6.92 Å². The number of methoxy groups -OCH3 is 2. The van der Waals surface area contributed by atoms with Crippen LogP contribution in [0.25, 0.3) is 0 Å². The average molecular weight is 292 g/mol. The molecular weight excluding hydrogens is 268 g/mol. The van der Waals surface area contributed by atoms with Gasteiger partial charge in [0.15, 0.2) is 17.3 Å². The minimum absolute atomic E-state index is 0.137. The van der Waals surface area contributed by atoms with Crippen molar-refractivity contribution < 1.29 is 14.3 Å². The SMILES string of the molecule is COc1cc(C)c(C(=O)CN2CCN(C)CC2)cc1OC. The number of piperazine rings is 1. The number of Topliss-reactive ketones (excluding diaryl/α,β-unsaturated/α-hetero) is 1. The maximum Gasteiger partial charge on any atom is 0.177 e. The van der Waals surface area contributed by atoms with Gasteiger partial charge in [-0.2, -0.15) is 0 Å². The Labute approximate surface area is 126 Å². The molecule has 0 atom stereocenters. The predicted octanol–water partition coefficient (Wildman–Crippen LogP) is 1.44. The van der Waals surface area contributed by atoms with Crippen LogP contribution in [-0.4, -0.2) is 69.6 Å². The molecule has 0 N–H and O–H groups in total. The van der Waals surface area contributed by atoms with Crippen molar-refractivity contribution in [3.63, 3.8) is 0 Å². The largest absolute Gasteiger partial charge is 0.493 e. The van der Waals surface area contributed by atoms with Gasteiger partial charge in [0.1, 0.15) is 0 Å². The number of ether oxygens (including phenoxy) is 2. The summed E-state index contributed by atoms with van der Waals surface area (Å²) >= 11 is 0. The van der Waals surface area contributed by atoms with Gasteiger partial charge in [0, 0.05) is 31.7 Å². The highest BCUT2D eigenvalue weighted by atomic mass is 16.5. The van der Waals surface area contributed by atoms with Crippen molar-refractivity contribution in [2.24, 2.45) is 0 Å². The summed E-state index contributed by atoms with van der Waals surface area (Å²) in [5, 5.41) is 0. The fourth-order valence-corrected chi connectivity index (χ4v) is 2.58. The van der Waals surface area contributed by atoms with Gasteiger partial charge in [-0.15, -0.1) is 0 Å². The second kappa shape index (κ2) is 6.91. The lowest BCUT2D eigenvalue weighted by atomic mass is 10.0. The number of carbonyl (C=O) groups is 1. The number of likely N-dealkylation sites (N-methyl/N-ethyl adjacent to an activating group) is 1. The molecule has 21 heavy (non-hydrogen) atoms. The van der Waals surface area contributed by atoms with Gasteiger partial charge >= 0.3 is 0 Å². The smallest absolute Gasteiger partial charge is 0.177 e. The summed E-state index contributed by atoms with van der Waals surface area (Å²) in [7, 11) is 5.29. The first-order valence-corrected chi connectivity index (χ1v) is 7.22. The number of ketones is 1. The summed E-state index contributed by atoms with van der Waals surface area (Å²) < 4.78 is 10.5. The van der Waals surface area contributed by atoms with Crippen LogP contribution in [0.1, 0.15) is 15.9 Å². The van der Waals surface area contributed by atoms with Crippen LogP contribution in [0.4, 0.5) is 0 Å². The highest BCUT2D eigenvalue weighted by Crippen LogP contribution is 2.30. The van der Waals surface area contributed by atoms with Crippen LogP contribution in [0.2, 0.25) is 0 Å². The third kappa shape index (κ3) is 3.74. The van der Waals surface area contributed by atoms with Gasteiger partial charge < -0.3 is 14.4 Å². The molecule has 1 fully saturated rings. The lowest BCUT2D eigenvalue weighted by Crippen LogP contribution is -2.46. The van der Waals surface area contributed by atoms with E-state index in [2.05, 4.69) is 16.8 Å². The van der Waals surface area contributed by atoms with Crippen molar-refractivity contribution in [1.29, 1.82) is 0 Å². The van der Waals surface area contributed by atoms with Crippen LogP contribution in [0, 0.1) is 6.92 Å². The standard InChI is InChI=1S/C16H24N2O3/c1-12-9-15(20-3)16(21-4)10-13(12)14(19)11-18-7-5-17(2)6-8-18/h9-10H,5-8,11H2,1-4H3. The lowest BCUT2D eigenvalue weighted by Gasteiger charge is -2.31. The minimum Gasteiger partial charge on any atom is -0.493 e. The van der Waals surface area contributed by atoms with E-state index in [9.17, 15) is 4.79 Å². The van der Waals surface area contributed by atoms with Crippen molar-refractivity contribution in [3.05, 3.63) is 23.3 Å². The third-order valence-electron chi connectivity index (χ3n) is 3.99. The van der Waals surface area contributed by atoms with Gasteiger partial charge in [-0.3, -0.25) is 9.69 Å². The summed E-state index contributed by atoms with van der Waals surface area (Å²) in [4.78, 5) is 17.0. The molecule has 0 aliphatic carbocycles. The summed E-state index contributed by atoms with van der Waals surface area (Å²) in [5.41, 5.74) is 1.64. The minimum atomic E-state index is 0.137. The van der Waals surface area contributed by atoms with Gasteiger partial charge in [0.05, 0.1) is 20.8 Å². The fourth-order valence-electron chi connectivity index (χ4n) is 2.58. The molecule has 0 radical (unpaired) electrons. The molecule has 1 aromatic rings. The van der Waals surface area contributed by atoms with Gasteiger partial charge in [-0.1, -0.05) is 0 Å². The zero-order valence-corrected chi connectivity index (χ0v) is 13.3. The van der Waals surface area contributed by atoms with E-state index in [1.165, 1.54) is 0 Å². The zero-order chi connectivity index (χ0) is 15.4. The summed E-state index contributed by atoms with van der Waals surface area (Å²) in [5.74, 6) is 1.40. The Balaban J connectivity index is 2.11. The Hall–Kier alpha value is -1.59. The first-order chi connectivity index (χ1) is 10.0. The number of nitrogens with zero attached hydrogens (tertiary/aromatic N) is 2. The first kappa shape index (κ1) is 15.8. The van der Waals surface area contributed by atoms with E-state index in [0.717, 1.165) is 31.7 Å². The Bertz CT molecular complexity index is 508. The van der Waals surface area contributed by atoms with Crippen LogP contribution in [0.5, 0.6) is 11.5 Å².